The Kier molecular flexibility index (Phi) is 4.69. The summed E-state index contributed by atoms with van der Waals surface area (Å²) < 4.78 is 5.38. The molecule has 0 radical (unpaired) electrons. The molecule has 1 N–H and O–H groups in total. The average molecular weight is 263 g/mol. The maximum atomic E-state index is 12.4. The highest BCUT2D eigenvalue weighted by molar-refractivity contribution is 5.99. The van der Waals surface area contributed by atoms with Gasteiger partial charge in [0, 0.05) is 25.8 Å². The van der Waals surface area contributed by atoms with Crippen LogP contribution in [0.5, 0.6) is 0 Å². The van der Waals surface area contributed by atoms with Crippen LogP contribution in [0.2, 0.25) is 0 Å². The van der Waals surface area contributed by atoms with Crippen LogP contribution in [-0.4, -0.2) is 48.3 Å². The van der Waals surface area contributed by atoms with Crippen LogP contribution in [0.15, 0.2) is 30.3 Å². The molecule has 0 saturated carbocycles. The number of rotatable bonds is 4. The minimum absolute atomic E-state index is 0.0216. The molecule has 19 heavy (non-hydrogen) atoms. The van der Waals surface area contributed by atoms with Crippen molar-refractivity contribution in [1.29, 1.82) is 0 Å². The zero-order valence-electron chi connectivity index (χ0n) is 11.5. The van der Waals surface area contributed by atoms with Gasteiger partial charge in [0.2, 0.25) is 5.78 Å². The van der Waals surface area contributed by atoms with Crippen LogP contribution in [0.3, 0.4) is 0 Å². The lowest BCUT2D eigenvalue weighted by atomic mass is 9.96. The Labute approximate surface area is 114 Å². The number of piperidine rings is 1. The summed E-state index contributed by atoms with van der Waals surface area (Å²) >= 11 is 0. The number of hydrogen-bond donors (Lipinski definition) is 1. The Balaban J connectivity index is 2.10. The fourth-order valence-electron chi connectivity index (χ4n) is 2.55. The number of aliphatic hydroxyl groups is 1. The predicted octanol–water partition coefficient (Wildman–Crippen LogP) is 1.54. The largest absolute Gasteiger partial charge is 0.393 e. The van der Waals surface area contributed by atoms with Gasteiger partial charge in [-0.25, -0.2) is 0 Å². The molecule has 4 nitrogen and oxygen atoms in total. The summed E-state index contributed by atoms with van der Waals surface area (Å²) in [6.45, 7) is 3.36. The molecule has 1 aromatic rings. The number of methoxy groups -OCH3 is 1. The summed E-state index contributed by atoms with van der Waals surface area (Å²) in [5.74, 6) is 0.140. The summed E-state index contributed by atoms with van der Waals surface area (Å²) in [6, 6.07) is 9.19. The van der Waals surface area contributed by atoms with E-state index in [-0.39, 0.29) is 17.8 Å². The highest BCUT2D eigenvalue weighted by Gasteiger charge is 2.32. The van der Waals surface area contributed by atoms with Gasteiger partial charge in [-0.1, -0.05) is 37.3 Å². The third kappa shape index (κ3) is 3.21. The number of carbonyl (C=O) groups is 1. The molecule has 0 spiro atoms. The molecule has 0 aliphatic carbocycles. The summed E-state index contributed by atoms with van der Waals surface area (Å²) in [6.07, 6.45) is -0.152. The van der Waals surface area contributed by atoms with E-state index in [1.165, 1.54) is 0 Å². The number of hydrogen-bond acceptors (Lipinski definition) is 4. The van der Waals surface area contributed by atoms with Crippen LogP contribution in [0.25, 0.3) is 0 Å². The lowest BCUT2D eigenvalue weighted by Crippen LogP contribution is -2.50. The normalized spacial score (nSPS) is 26.1. The maximum absolute atomic E-state index is 12.4. The van der Waals surface area contributed by atoms with Gasteiger partial charge < -0.3 is 9.84 Å². The highest BCUT2D eigenvalue weighted by atomic mass is 16.5. The molecule has 4 heteroatoms. The Morgan fingerprint density at radius 1 is 1.42 bits per heavy atom. The van der Waals surface area contributed by atoms with Crippen LogP contribution in [0, 0.1) is 5.92 Å². The molecule has 3 atom stereocenters. The van der Waals surface area contributed by atoms with Crippen LogP contribution >= 0.6 is 0 Å². The quantitative estimate of drug-likeness (QED) is 0.837. The van der Waals surface area contributed by atoms with Gasteiger partial charge in [0.1, 0.15) is 0 Å². The topological polar surface area (TPSA) is 49.8 Å². The Morgan fingerprint density at radius 3 is 2.68 bits per heavy atom. The van der Waals surface area contributed by atoms with E-state index in [4.69, 9.17) is 4.74 Å². The first-order chi connectivity index (χ1) is 9.13. The molecule has 0 amide bonds. The summed E-state index contributed by atoms with van der Waals surface area (Å²) in [5.41, 5.74) is 0.660. The van der Waals surface area contributed by atoms with Crippen molar-refractivity contribution in [3.05, 3.63) is 35.9 Å². The first-order valence-electron chi connectivity index (χ1n) is 6.67. The molecule has 1 heterocycles. The Hall–Kier alpha value is -1.23. The van der Waals surface area contributed by atoms with E-state index in [2.05, 4.69) is 0 Å². The first kappa shape index (κ1) is 14.2. The van der Waals surface area contributed by atoms with E-state index in [1.54, 1.807) is 19.2 Å². The van der Waals surface area contributed by atoms with Gasteiger partial charge in [-0.15, -0.1) is 0 Å². The van der Waals surface area contributed by atoms with Gasteiger partial charge in [-0.3, -0.25) is 9.69 Å². The fraction of sp³-hybridized carbons (Fsp3) is 0.533. The Morgan fingerprint density at radius 2 is 2.11 bits per heavy atom. The molecule has 1 saturated heterocycles. The second kappa shape index (κ2) is 6.28. The van der Waals surface area contributed by atoms with Crippen molar-refractivity contribution >= 4 is 5.78 Å². The SMILES string of the molecule is COC(C(=O)c1ccccc1)N1CCC(O)C(C)C1. The molecule has 0 bridgehead atoms. The third-order valence-corrected chi connectivity index (χ3v) is 3.73. The van der Waals surface area contributed by atoms with Gasteiger partial charge in [-0.05, 0) is 12.3 Å². The maximum Gasteiger partial charge on any atom is 0.206 e. The number of ether oxygens (including phenoxy) is 1. The summed E-state index contributed by atoms with van der Waals surface area (Å²) in [4.78, 5) is 14.4. The molecule has 0 aromatic heterocycles. The zero-order chi connectivity index (χ0) is 13.8. The molecule has 2 rings (SSSR count). The van der Waals surface area contributed by atoms with E-state index in [0.29, 0.717) is 25.1 Å². The van der Waals surface area contributed by atoms with Crippen LogP contribution in [0.1, 0.15) is 23.7 Å². The average Bonchev–Trinajstić information content (AvgIpc) is 2.44. The predicted molar refractivity (Wildman–Crippen MR) is 72.9 cm³/mol. The van der Waals surface area contributed by atoms with Gasteiger partial charge >= 0.3 is 0 Å². The van der Waals surface area contributed by atoms with Crippen LogP contribution in [0.4, 0.5) is 0 Å². The second-order valence-electron chi connectivity index (χ2n) is 5.15. The molecule has 1 aliphatic heterocycles. The number of carbonyl (C=O) groups excluding carboxylic acids is 1. The minimum atomic E-state index is -0.558. The smallest absolute Gasteiger partial charge is 0.206 e. The third-order valence-electron chi connectivity index (χ3n) is 3.73. The van der Waals surface area contributed by atoms with Gasteiger partial charge in [0.05, 0.1) is 6.10 Å². The number of Topliss-reactive ketones (excluding diaryl/α,β-unsaturated/α-hetero) is 1. The van der Waals surface area contributed by atoms with E-state index in [0.717, 1.165) is 0 Å². The van der Waals surface area contributed by atoms with Crippen LogP contribution in [-0.2, 0) is 4.74 Å². The van der Waals surface area contributed by atoms with Crippen LogP contribution < -0.4 is 0 Å². The van der Waals surface area contributed by atoms with Crippen molar-refractivity contribution in [3.8, 4) is 0 Å². The van der Waals surface area contributed by atoms with Crippen molar-refractivity contribution in [2.24, 2.45) is 5.92 Å². The van der Waals surface area contributed by atoms with Crippen molar-refractivity contribution in [3.63, 3.8) is 0 Å². The number of aliphatic hydroxyl groups excluding tert-OH is 1. The zero-order valence-corrected chi connectivity index (χ0v) is 11.5. The summed E-state index contributed by atoms with van der Waals surface area (Å²) in [7, 11) is 1.56. The second-order valence-corrected chi connectivity index (χ2v) is 5.15. The molecule has 104 valence electrons. The van der Waals surface area contributed by atoms with Crippen molar-refractivity contribution < 1.29 is 14.6 Å². The molecule has 1 fully saturated rings. The van der Waals surface area contributed by atoms with E-state index >= 15 is 0 Å². The number of ketones is 1. The Bertz CT molecular complexity index is 421. The van der Waals surface area contributed by atoms with E-state index in [1.807, 2.05) is 30.0 Å². The molecule has 1 aromatic carbocycles. The fourth-order valence-corrected chi connectivity index (χ4v) is 2.55. The molecular weight excluding hydrogens is 242 g/mol. The standard InChI is InChI=1S/C15H21NO3/c1-11-10-16(9-8-13(11)17)15(19-2)14(18)12-6-4-3-5-7-12/h3-7,11,13,15,17H,8-10H2,1-2H3. The summed E-state index contributed by atoms with van der Waals surface area (Å²) in [5, 5.41) is 9.75. The van der Waals surface area contributed by atoms with Crippen molar-refractivity contribution in [2.45, 2.75) is 25.7 Å². The van der Waals surface area contributed by atoms with E-state index in [9.17, 15) is 9.90 Å². The highest BCUT2D eigenvalue weighted by Crippen LogP contribution is 2.20. The molecular formula is C15H21NO3. The monoisotopic (exact) mass is 263 g/mol. The molecule has 3 unspecified atom stereocenters. The first-order valence-corrected chi connectivity index (χ1v) is 6.67. The number of nitrogens with zero attached hydrogens (tertiary/aromatic N) is 1. The lowest BCUT2D eigenvalue weighted by molar-refractivity contribution is -0.0577. The molecule has 1 aliphatic rings. The number of likely N-dealkylation sites (tertiary alicyclic amines) is 1. The van der Waals surface area contributed by atoms with Gasteiger partial charge in [0.15, 0.2) is 6.23 Å². The van der Waals surface area contributed by atoms with E-state index < -0.39 is 6.23 Å². The van der Waals surface area contributed by atoms with Crippen molar-refractivity contribution in [2.75, 3.05) is 20.2 Å². The van der Waals surface area contributed by atoms with Gasteiger partial charge in [-0.2, -0.15) is 0 Å². The minimum Gasteiger partial charge on any atom is -0.393 e. The number of benzene rings is 1. The van der Waals surface area contributed by atoms with Crippen molar-refractivity contribution in [1.82, 2.24) is 4.90 Å². The lowest BCUT2D eigenvalue weighted by Gasteiger charge is -2.37. The van der Waals surface area contributed by atoms with Gasteiger partial charge in [0.25, 0.3) is 0 Å².